The molecule has 5 aromatic rings. The molecule has 0 aromatic heterocycles. The van der Waals surface area contributed by atoms with E-state index < -0.39 is 7.26 Å². The Morgan fingerprint density at radius 1 is 0.424 bits per heavy atom. The molecule has 0 unspecified atom stereocenters. The molecule has 0 saturated carbocycles. The van der Waals surface area contributed by atoms with Crippen LogP contribution in [0.2, 0.25) is 0 Å². The van der Waals surface area contributed by atoms with Crippen molar-refractivity contribution in [3.63, 3.8) is 0 Å². The van der Waals surface area contributed by atoms with Crippen LogP contribution in [0.15, 0.2) is 140 Å². The predicted molar refractivity (Wildman–Crippen MR) is 142 cm³/mol. The number of rotatable bonds is 6. The van der Waals surface area contributed by atoms with Gasteiger partial charge in [0.1, 0.15) is 28.9 Å². The lowest BCUT2D eigenvalue weighted by Gasteiger charge is -2.28. The average molecular weight is 446 g/mol. The van der Waals surface area contributed by atoms with Crippen molar-refractivity contribution in [1.29, 1.82) is 0 Å². The molecule has 5 rings (SSSR count). The molecule has 0 aliphatic rings. The molecule has 0 atom stereocenters. The minimum atomic E-state index is -1.90. The summed E-state index contributed by atoms with van der Waals surface area (Å²) >= 11 is 0. The number of benzene rings is 5. The summed E-state index contributed by atoms with van der Waals surface area (Å²) in [6.07, 6.45) is 0.959. The summed E-state index contributed by atoms with van der Waals surface area (Å²) in [5.74, 6) is 0.290. The lowest BCUT2D eigenvalue weighted by molar-refractivity contribution is 0.475. The van der Waals surface area contributed by atoms with Crippen LogP contribution in [0.5, 0.6) is 5.75 Å². The van der Waals surface area contributed by atoms with E-state index in [-0.39, 0.29) is 0 Å². The van der Waals surface area contributed by atoms with Crippen molar-refractivity contribution in [2.75, 3.05) is 0 Å². The molecule has 5 aromatic carbocycles. The van der Waals surface area contributed by atoms with E-state index in [4.69, 9.17) is 0 Å². The highest BCUT2D eigenvalue weighted by Gasteiger charge is 2.45. The zero-order valence-electron chi connectivity index (χ0n) is 18.4. The SMILES string of the molecule is Oc1ccc(-c2ccc(C[P+](c3ccccc3)(c3ccccc3)c3ccccc3)cc2)cc1. The van der Waals surface area contributed by atoms with Gasteiger partial charge in [0, 0.05) is 0 Å². The fourth-order valence-corrected chi connectivity index (χ4v) is 8.74. The standard InChI is InChI=1S/C31H25OP/c32-28-22-20-27(21-23-28)26-18-16-25(17-19-26)24-33(29-10-4-1-5-11-29,30-12-6-2-7-13-30)31-14-8-3-9-15-31/h1-23H,24H2/p+1. The van der Waals surface area contributed by atoms with Gasteiger partial charge in [-0.05, 0) is 65.2 Å². The molecule has 0 saturated heterocycles. The zero-order valence-corrected chi connectivity index (χ0v) is 19.3. The van der Waals surface area contributed by atoms with Gasteiger partial charge < -0.3 is 5.11 Å². The maximum Gasteiger partial charge on any atom is 0.116 e. The molecular formula is C31H26OP+. The Kier molecular flexibility index (Phi) is 6.07. The van der Waals surface area contributed by atoms with E-state index >= 15 is 0 Å². The summed E-state index contributed by atoms with van der Waals surface area (Å²) in [6, 6.07) is 49.3. The highest BCUT2D eigenvalue weighted by Crippen LogP contribution is 2.58. The van der Waals surface area contributed by atoms with E-state index in [1.54, 1.807) is 12.1 Å². The van der Waals surface area contributed by atoms with Crippen LogP contribution in [0.1, 0.15) is 5.56 Å². The lowest BCUT2D eigenvalue weighted by atomic mass is 10.0. The van der Waals surface area contributed by atoms with Crippen molar-refractivity contribution in [3.8, 4) is 16.9 Å². The number of phenols is 1. The van der Waals surface area contributed by atoms with Crippen LogP contribution < -0.4 is 15.9 Å². The number of hydrogen-bond donors (Lipinski definition) is 1. The lowest BCUT2D eigenvalue weighted by Crippen LogP contribution is -2.32. The Morgan fingerprint density at radius 2 is 0.788 bits per heavy atom. The van der Waals surface area contributed by atoms with Gasteiger partial charge in [-0.1, -0.05) is 91.0 Å². The second-order valence-electron chi connectivity index (χ2n) is 8.22. The van der Waals surface area contributed by atoms with Crippen molar-refractivity contribution in [3.05, 3.63) is 145 Å². The van der Waals surface area contributed by atoms with E-state index in [1.165, 1.54) is 21.5 Å². The Hall–Kier alpha value is -3.67. The largest absolute Gasteiger partial charge is 0.508 e. The van der Waals surface area contributed by atoms with E-state index in [0.717, 1.165) is 17.3 Å². The number of phenolic OH excluding ortho intramolecular Hbond substituents is 1. The van der Waals surface area contributed by atoms with Crippen molar-refractivity contribution in [1.82, 2.24) is 0 Å². The Morgan fingerprint density at radius 3 is 1.18 bits per heavy atom. The van der Waals surface area contributed by atoms with Gasteiger partial charge in [-0.2, -0.15) is 0 Å². The third kappa shape index (κ3) is 4.33. The summed E-state index contributed by atoms with van der Waals surface area (Å²) in [6.45, 7) is 0. The van der Waals surface area contributed by atoms with Gasteiger partial charge in [0.25, 0.3) is 0 Å². The van der Waals surface area contributed by atoms with Crippen LogP contribution in [0.25, 0.3) is 11.1 Å². The third-order valence-electron chi connectivity index (χ3n) is 6.17. The van der Waals surface area contributed by atoms with Crippen LogP contribution in [-0.4, -0.2) is 5.11 Å². The second-order valence-corrected chi connectivity index (χ2v) is 11.7. The number of hydrogen-bond acceptors (Lipinski definition) is 1. The first-order chi connectivity index (χ1) is 16.3. The summed E-state index contributed by atoms with van der Waals surface area (Å²) < 4.78 is 0. The highest BCUT2D eigenvalue weighted by atomic mass is 31.2. The van der Waals surface area contributed by atoms with Crippen LogP contribution >= 0.6 is 7.26 Å². The molecule has 0 heterocycles. The fraction of sp³-hybridized carbons (Fsp3) is 0.0323. The summed E-state index contributed by atoms with van der Waals surface area (Å²) in [7, 11) is -1.90. The van der Waals surface area contributed by atoms with E-state index in [9.17, 15) is 5.11 Å². The van der Waals surface area contributed by atoms with E-state index in [1.807, 2.05) is 12.1 Å². The molecule has 0 fully saturated rings. The first-order valence-corrected chi connectivity index (χ1v) is 13.2. The van der Waals surface area contributed by atoms with Crippen LogP contribution in [0.3, 0.4) is 0 Å². The monoisotopic (exact) mass is 445 g/mol. The first-order valence-electron chi connectivity index (χ1n) is 11.2. The molecule has 0 aliphatic carbocycles. The van der Waals surface area contributed by atoms with Crippen molar-refractivity contribution < 1.29 is 5.11 Å². The fourth-order valence-electron chi connectivity index (χ4n) is 4.50. The molecule has 33 heavy (non-hydrogen) atoms. The quantitative estimate of drug-likeness (QED) is 0.294. The summed E-state index contributed by atoms with van der Waals surface area (Å²) in [4.78, 5) is 0. The maximum atomic E-state index is 9.60. The van der Waals surface area contributed by atoms with Crippen molar-refractivity contribution in [2.45, 2.75) is 6.16 Å². The normalized spacial score (nSPS) is 11.3. The van der Waals surface area contributed by atoms with Gasteiger partial charge in [-0.15, -0.1) is 0 Å². The molecule has 0 spiro atoms. The topological polar surface area (TPSA) is 20.2 Å². The highest BCUT2D eigenvalue weighted by molar-refractivity contribution is 7.95. The minimum Gasteiger partial charge on any atom is -0.508 e. The van der Waals surface area contributed by atoms with E-state index in [0.29, 0.717) is 5.75 Å². The van der Waals surface area contributed by atoms with Crippen LogP contribution in [0.4, 0.5) is 0 Å². The van der Waals surface area contributed by atoms with Gasteiger partial charge in [-0.25, -0.2) is 0 Å². The molecule has 1 nitrogen and oxygen atoms in total. The Labute approximate surface area is 196 Å². The average Bonchev–Trinajstić information content (AvgIpc) is 2.90. The first kappa shape index (κ1) is 21.2. The summed E-state index contributed by atoms with van der Waals surface area (Å²) in [5.41, 5.74) is 3.58. The molecule has 0 amide bonds. The van der Waals surface area contributed by atoms with Crippen molar-refractivity contribution >= 4 is 23.2 Å². The van der Waals surface area contributed by atoms with Crippen molar-refractivity contribution in [2.24, 2.45) is 0 Å². The molecule has 1 N–H and O–H groups in total. The van der Waals surface area contributed by atoms with Crippen LogP contribution in [0, 0.1) is 0 Å². The smallest absolute Gasteiger partial charge is 0.116 e. The summed E-state index contributed by atoms with van der Waals surface area (Å²) in [5, 5.41) is 13.8. The van der Waals surface area contributed by atoms with Gasteiger partial charge >= 0.3 is 0 Å². The maximum absolute atomic E-state index is 9.60. The van der Waals surface area contributed by atoms with Gasteiger partial charge in [0.05, 0.1) is 6.16 Å². The van der Waals surface area contributed by atoms with Gasteiger partial charge in [0.15, 0.2) is 0 Å². The molecule has 160 valence electrons. The molecule has 0 radical (unpaired) electrons. The molecular weight excluding hydrogens is 419 g/mol. The van der Waals surface area contributed by atoms with Crippen LogP contribution in [-0.2, 0) is 6.16 Å². The molecule has 0 bridgehead atoms. The predicted octanol–water partition coefficient (Wildman–Crippen LogP) is 6.55. The third-order valence-corrected chi connectivity index (χ3v) is 10.5. The van der Waals surface area contributed by atoms with Gasteiger partial charge in [0.2, 0.25) is 0 Å². The Balaban J connectivity index is 1.63. The number of aromatic hydroxyl groups is 1. The minimum absolute atomic E-state index is 0.290. The second kappa shape index (κ2) is 9.45. The molecule has 2 heteroatoms. The van der Waals surface area contributed by atoms with E-state index in [2.05, 4.69) is 115 Å². The molecule has 0 aliphatic heterocycles. The zero-order chi connectivity index (χ0) is 22.5. The Bertz CT molecular complexity index is 1200. The van der Waals surface area contributed by atoms with Gasteiger partial charge in [-0.3, -0.25) is 0 Å².